The first-order chi connectivity index (χ1) is 7.58. The van der Waals surface area contributed by atoms with E-state index in [1.807, 2.05) is 5.38 Å². The predicted octanol–water partition coefficient (Wildman–Crippen LogP) is 4.84. The molecule has 2 aromatic rings. The van der Waals surface area contributed by atoms with Gasteiger partial charge in [0.25, 0.3) is 0 Å². The molecule has 0 spiro atoms. The Hall–Kier alpha value is -0.740. The van der Waals surface area contributed by atoms with Gasteiger partial charge in [-0.05, 0) is 24.1 Å². The van der Waals surface area contributed by atoms with Crippen molar-refractivity contribution in [2.75, 3.05) is 0 Å². The number of rotatable bonds is 2. The van der Waals surface area contributed by atoms with Gasteiger partial charge in [-0.1, -0.05) is 29.8 Å². The molecule has 0 radical (unpaired) electrons. The molecule has 4 heteroatoms. The molecule has 1 nitrogen and oxygen atoms in total. The lowest BCUT2D eigenvalue weighted by Crippen LogP contribution is -1.88. The molecule has 0 saturated carbocycles. The predicted molar refractivity (Wildman–Crippen MR) is 69.3 cm³/mol. The van der Waals surface area contributed by atoms with Gasteiger partial charge in [-0.25, -0.2) is 9.37 Å². The standard InChI is InChI=1S/C12H11BrFNS/c1-7(2)11-6-16-12(15-11)9-5-8(13)3-4-10(9)14/h3-7H,1-2H3. The van der Waals surface area contributed by atoms with E-state index in [2.05, 4.69) is 34.8 Å². The minimum Gasteiger partial charge on any atom is -0.241 e. The van der Waals surface area contributed by atoms with Gasteiger partial charge in [-0.2, -0.15) is 0 Å². The van der Waals surface area contributed by atoms with E-state index in [4.69, 9.17) is 0 Å². The quantitative estimate of drug-likeness (QED) is 0.773. The molecule has 0 N–H and O–H groups in total. The minimum atomic E-state index is -0.229. The Morgan fingerprint density at radius 1 is 1.38 bits per heavy atom. The first-order valence-electron chi connectivity index (χ1n) is 4.99. The molecule has 0 saturated heterocycles. The van der Waals surface area contributed by atoms with Crippen LogP contribution < -0.4 is 0 Å². The molecule has 0 aliphatic heterocycles. The molecular weight excluding hydrogens is 289 g/mol. The molecule has 0 aliphatic carbocycles. The third-order valence-electron chi connectivity index (χ3n) is 2.27. The van der Waals surface area contributed by atoms with Gasteiger partial charge in [0.15, 0.2) is 0 Å². The summed E-state index contributed by atoms with van der Waals surface area (Å²) < 4.78 is 14.5. The number of benzene rings is 1. The second-order valence-electron chi connectivity index (χ2n) is 3.86. The summed E-state index contributed by atoms with van der Waals surface area (Å²) in [6.07, 6.45) is 0. The van der Waals surface area contributed by atoms with Gasteiger partial charge in [0.1, 0.15) is 10.8 Å². The van der Waals surface area contributed by atoms with Gasteiger partial charge in [-0.3, -0.25) is 0 Å². The summed E-state index contributed by atoms with van der Waals surface area (Å²) in [4.78, 5) is 4.44. The van der Waals surface area contributed by atoms with Crippen LogP contribution in [0, 0.1) is 5.82 Å². The SMILES string of the molecule is CC(C)c1csc(-c2cc(Br)ccc2F)n1. The number of halogens is 2. The second kappa shape index (κ2) is 4.63. The molecule has 0 aliphatic rings. The third kappa shape index (κ3) is 2.33. The number of hydrogen-bond acceptors (Lipinski definition) is 2. The Morgan fingerprint density at radius 2 is 2.12 bits per heavy atom. The van der Waals surface area contributed by atoms with E-state index in [0.717, 1.165) is 15.2 Å². The fourth-order valence-corrected chi connectivity index (χ4v) is 2.70. The Kier molecular flexibility index (Phi) is 3.40. The van der Waals surface area contributed by atoms with Gasteiger partial charge >= 0.3 is 0 Å². The van der Waals surface area contributed by atoms with Crippen LogP contribution in [-0.4, -0.2) is 4.98 Å². The topological polar surface area (TPSA) is 12.9 Å². The van der Waals surface area contributed by atoms with Crippen molar-refractivity contribution in [1.29, 1.82) is 0 Å². The molecule has 2 rings (SSSR count). The van der Waals surface area contributed by atoms with Crippen LogP contribution in [0.2, 0.25) is 0 Å². The van der Waals surface area contributed by atoms with Crippen molar-refractivity contribution in [3.05, 3.63) is 39.6 Å². The highest BCUT2D eigenvalue weighted by Gasteiger charge is 2.11. The molecule has 0 atom stereocenters. The van der Waals surface area contributed by atoms with Crippen LogP contribution >= 0.6 is 27.3 Å². The Balaban J connectivity index is 2.46. The highest BCUT2D eigenvalue weighted by Crippen LogP contribution is 2.30. The van der Waals surface area contributed by atoms with E-state index in [1.54, 1.807) is 12.1 Å². The van der Waals surface area contributed by atoms with Crippen LogP contribution in [0.1, 0.15) is 25.5 Å². The summed E-state index contributed by atoms with van der Waals surface area (Å²) in [7, 11) is 0. The van der Waals surface area contributed by atoms with Crippen LogP contribution in [0.5, 0.6) is 0 Å². The van der Waals surface area contributed by atoms with Crippen molar-refractivity contribution in [3.63, 3.8) is 0 Å². The van der Waals surface area contributed by atoms with Crippen molar-refractivity contribution < 1.29 is 4.39 Å². The molecule has 1 heterocycles. The normalized spacial score (nSPS) is 11.1. The maximum Gasteiger partial charge on any atom is 0.133 e. The van der Waals surface area contributed by atoms with Gasteiger partial charge in [0, 0.05) is 15.4 Å². The summed E-state index contributed by atoms with van der Waals surface area (Å²) in [5, 5.41) is 2.72. The van der Waals surface area contributed by atoms with E-state index in [9.17, 15) is 4.39 Å². The first kappa shape index (κ1) is 11.7. The van der Waals surface area contributed by atoms with Crippen molar-refractivity contribution in [2.24, 2.45) is 0 Å². The van der Waals surface area contributed by atoms with E-state index in [0.29, 0.717) is 11.5 Å². The third-order valence-corrected chi connectivity index (χ3v) is 3.66. The molecule has 0 amide bonds. The second-order valence-corrected chi connectivity index (χ2v) is 5.63. The lowest BCUT2D eigenvalue weighted by atomic mass is 10.1. The van der Waals surface area contributed by atoms with E-state index >= 15 is 0 Å². The largest absolute Gasteiger partial charge is 0.241 e. The fourth-order valence-electron chi connectivity index (χ4n) is 1.34. The van der Waals surface area contributed by atoms with E-state index in [1.165, 1.54) is 17.4 Å². The van der Waals surface area contributed by atoms with Crippen LogP contribution in [0.3, 0.4) is 0 Å². The fraction of sp³-hybridized carbons (Fsp3) is 0.250. The smallest absolute Gasteiger partial charge is 0.133 e. The van der Waals surface area contributed by atoms with E-state index in [-0.39, 0.29) is 5.82 Å². The van der Waals surface area contributed by atoms with Crippen LogP contribution in [0.4, 0.5) is 4.39 Å². The Labute approximate surface area is 106 Å². The monoisotopic (exact) mass is 299 g/mol. The minimum absolute atomic E-state index is 0.229. The van der Waals surface area contributed by atoms with Crippen LogP contribution in [0.25, 0.3) is 10.6 Å². The summed E-state index contributed by atoms with van der Waals surface area (Å²) >= 11 is 4.82. The zero-order valence-electron chi connectivity index (χ0n) is 9.00. The summed E-state index contributed by atoms with van der Waals surface area (Å²) in [6, 6.07) is 4.91. The average Bonchev–Trinajstić information content (AvgIpc) is 2.70. The van der Waals surface area contributed by atoms with Gasteiger partial charge in [-0.15, -0.1) is 11.3 Å². The van der Waals surface area contributed by atoms with Crippen LogP contribution in [0.15, 0.2) is 28.1 Å². The molecule has 1 aromatic heterocycles. The van der Waals surface area contributed by atoms with Crippen molar-refractivity contribution in [2.45, 2.75) is 19.8 Å². The van der Waals surface area contributed by atoms with Gasteiger partial charge < -0.3 is 0 Å². The number of thiazole rings is 1. The Bertz CT molecular complexity index is 507. The zero-order chi connectivity index (χ0) is 11.7. The molecular formula is C12H11BrFNS. The maximum absolute atomic E-state index is 13.6. The van der Waals surface area contributed by atoms with Crippen molar-refractivity contribution in [1.82, 2.24) is 4.98 Å². The van der Waals surface area contributed by atoms with Crippen molar-refractivity contribution >= 4 is 27.3 Å². The van der Waals surface area contributed by atoms with Gasteiger partial charge in [0.2, 0.25) is 0 Å². The maximum atomic E-state index is 13.6. The molecule has 0 bridgehead atoms. The highest BCUT2D eigenvalue weighted by molar-refractivity contribution is 9.10. The molecule has 0 unspecified atom stereocenters. The average molecular weight is 300 g/mol. The van der Waals surface area contributed by atoms with E-state index < -0.39 is 0 Å². The molecule has 16 heavy (non-hydrogen) atoms. The molecule has 84 valence electrons. The first-order valence-corrected chi connectivity index (χ1v) is 6.66. The number of aromatic nitrogens is 1. The zero-order valence-corrected chi connectivity index (χ0v) is 11.4. The summed E-state index contributed by atoms with van der Waals surface area (Å²) in [5.74, 6) is 0.146. The summed E-state index contributed by atoms with van der Waals surface area (Å²) in [6.45, 7) is 4.16. The lowest BCUT2D eigenvalue weighted by molar-refractivity contribution is 0.631. The highest BCUT2D eigenvalue weighted by atomic mass is 79.9. The Morgan fingerprint density at radius 3 is 2.75 bits per heavy atom. The lowest BCUT2D eigenvalue weighted by Gasteiger charge is -2.00. The van der Waals surface area contributed by atoms with Crippen molar-refractivity contribution in [3.8, 4) is 10.6 Å². The molecule has 1 aromatic carbocycles. The van der Waals surface area contributed by atoms with Crippen LogP contribution in [-0.2, 0) is 0 Å². The van der Waals surface area contributed by atoms with Gasteiger partial charge in [0.05, 0.1) is 5.69 Å². The number of hydrogen-bond donors (Lipinski definition) is 0. The number of nitrogens with zero attached hydrogens (tertiary/aromatic N) is 1. The summed E-state index contributed by atoms with van der Waals surface area (Å²) in [5.41, 5.74) is 1.57. The molecule has 0 fully saturated rings.